The lowest BCUT2D eigenvalue weighted by molar-refractivity contribution is -0.129. The van der Waals surface area contributed by atoms with Crippen LogP contribution in [0.15, 0.2) is 18.3 Å². The Balaban J connectivity index is 1.48. The Morgan fingerprint density at radius 2 is 1.94 bits per heavy atom. The van der Waals surface area contributed by atoms with Gasteiger partial charge in [-0.2, -0.15) is 0 Å². The van der Waals surface area contributed by atoms with Crippen LogP contribution in [0.2, 0.25) is 0 Å². The molecule has 4 N–H and O–H groups in total. The second-order valence-electron chi connectivity index (χ2n) is 9.20. The molecule has 2 heterocycles. The van der Waals surface area contributed by atoms with E-state index in [-0.39, 0.29) is 42.5 Å². The molecule has 0 spiro atoms. The highest BCUT2D eigenvalue weighted by atomic mass is 16.6. The van der Waals surface area contributed by atoms with E-state index in [9.17, 15) is 19.2 Å². The highest BCUT2D eigenvalue weighted by Crippen LogP contribution is 2.29. The first kappa shape index (κ1) is 24.3. The quantitative estimate of drug-likeness (QED) is 0.522. The van der Waals surface area contributed by atoms with Gasteiger partial charge in [0.15, 0.2) is 0 Å². The highest BCUT2D eigenvalue weighted by molar-refractivity contribution is 6.04. The fourth-order valence-corrected chi connectivity index (χ4v) is 3.97. The average Bonchev–Trinajstić information content (AvgIpc) is 3.01. The van der Waals surface area contributed by atoms with Gasteiger partial charge in [-0.15, -0.1) is 0 Å². The van der Waals surface area contributed by atoms with E-state index in [4.69, 9.17) is 15.2 Å². The Bertz CT molecular complexity index is 907. The first-order valence-corrected chi connectivity index (χ1v) is 11.1. The predicted molar refractivity (Wildman–Crippen MR) is 117 cm³/mol. The number of amides is 5. The van der Waals surface area contributed by atoms with E-state index in [1.54, 1.807) is 32.9 Å². The Hall–Kier alpha value is -3.37. The molecule has 3 rings (SSSR count). The number of alkyl carbamates (subject to hydrolysis) is 1. The van der Waals surface area contributed by atoms with Crippen molar-refractivity contribution in [2.45, 2.75) is 76.7 Å². The van der Waals surface area contributed by atoms with Crippen molar-refractivity contribution in [3.63, 3.8) is 0 Å². The van der Waals surface area contributed by atoms with E-state index in [0.717, 1.165) is 0 Å². The van der Waals surface area contributed by atoms with Crippen molar-refractivity contribution in [1.29, 1.82) is 0 Å². The molecule has 1 unspecified atom stereocenters. The van der Waals surface area contributed by atoms with Crippen molar-refractivity contribution in [3.8, 4) is 5.88 Å². The molecule has 5 amide bonds. The molecular weight excluding hydrogens is 430 g/mol. The van der Waals surface area contributed by atoms with Crippen LogP contribution in [0.1, 0.15) is 63.2 Å². The molecule has 0 radical (unpaired) electrons. The number of nitrogens with two attached hydrogens (primary N) is 1. The number of primary amides is 1. The number of hydrogen-bond acceptors (Lipinski definition) is 7. The first-order chi connectivity index (χ1) is 15.5. The van der Waals surface area contributed by atoms with Gasteiger partial charge in [-0.1, -0.05) is 0 Å². The summed E-state index contributed by atoms with van der Waals surface area (Å²) in [6, 6.07) is 1.82. The molecule has 1 aliphatic heterocycles. The number of urea groups is 1. The van der Waals surface area contributed by atoms with Gasteiger partial charge in [-0.3, -0.25) is 14.5 Å². The third kappa shape index (κ3) is 6.33. The summed E-state index contributed by atoms with van der Waals surface area (Å²) in [4.78, 5) is 54.0. The van der Waals surface area contributed by atoms with E-state index in [1.165, 1.54) is 11.1 Å². The number of ether oxygens (including phenoxy) is 2. The number of nitrogens with one attached hydrogen (secondary N) is 2. The van der Waals surface area contributed by atoms with Crippen molar-refractivity contribution in [3.05, 3.63) is 23.9 Å². The van der Waals surface area contributed by atoms with Crippen molar-refractivity contribution in [2.75, 3.05) is 6.54 Å². The van der Waals surface area contributed by atoms with E-state index in [2.05, 4.69) is 15.6 Å². The lowest BCUT2D eigenvalue weighted by Gasteiger charge is -2.33. The molecule has 2 aliphatic rings. The van der Waals surface area contributed by atoms with Crippen LogP contribution in [0.25, 0.3) is 0 Å². The summed E-state index contributed by atoms with van der Waals surface area (Å²) in [7, 11) is 0. The first-order valence-electron chi connectivity index (χ1n) is 11.1. The molecule has 1 aliphatic carbocycles. The molecule has 33 heavy (non-hydrogen) atoms. The van der Waals surface area contributed by atoms with Gasteiger partial charge >= 0.3 is 12.1 Å². The SMILES string of the molecule is CC(C)(C)OC(=O)NCCC1NC(=O)N([C@H]2CC[C@H](Oc3ncccc3C(N)=O)CC2)C1=O. The van der Waals surface area contributed by atoms with Crippen LogP contribution in [-0.4, -0.2) is 64.2 Å². The van der Waals surface area contributed by atoms with Crippen molar-refractivity contribution >= 4 is 23.9 Å². The second-order valence-corrected chi connectivity index (χ2v) is 9.20. The molecule has 1 saturated heterocycles. The monoisotopic (exact) mass is 461 g/mol. The third-order valence-corrected chi connectivity index (χ3v) is 5.48. The summed E-state index contributed by atoms with van der Waals surface area (Å²) < 4.78 is 11.0. The van der Waals surface area contributed by atoms with E-state index >= 15 is 0 Å². The number of carbonyl (C=O) groups is 4. The fraction of sp³-hybridized carbons (Fsp3) is 0.591. The maximum atomic E-state index is 12.8. The maximum Gasteiger partial charge on any atom is 0.407 e. The average molecular weight is 462 g/mol. The maximum absolute atomic E-state index is 12.8. The molecule has 0 bridgehead atoms. The molecule has 1 aromatic rings. The predicted octanol–water partition coefficient (Wildman–Crippen LogP) is 1.71. The van der Waals surface area contributed by atoms with Gasteiger partial charge in [0.1, 0.15) is 23.3 Å². The molecule has 11 heteroatoms. The Morgan fingerprint density at radius 1 is 1.24 bits per heavy atom. The van der Waals surface area contributed by atoms with Gasteiger partial charge in [0.05, 0.1) is 0 Å². The molecule has 1 atom stereocenters. The van der Waals surface area contributed by atoms with Gasteiger partial charge in [0.2, 0.25) is 5.88 Å². The zero-order valence-corrected chi connectivity index (χ0v) is 19.1. The zero-order valence-electron chi connectivity index (χ0n) is 19.1. The third-order valence-electron chi connectivity index (χ3n) is 5.48. The number of carbonyl (C=O) groups excluding carboxylic acids is 4. The van der Waals surface area contributed by atoms with Gasteiger partial charge in [-0.05, 0) is 65.0 Å². The summed E-state index contributed by atoms with van der Waals surface area (Å²) in [5.74, 6) is -0.713. The lowest BCUT2D eigenvalue weighted by Crippen LogP contribution is -2.44. The van der Waals surface area contributed by atoms with Gasteiger partial charge in [0, 0.05) is 18.8 Å². The summed E-state index contributed by atoms with van der Waals surface area (Å²) in [6.45, 7) is 5.49. The van der Waals surface area contributed by atoms with E-state index < -0.39 is 29.7 Å². The normalized spacial score (nSPS) is 23.1. The number of aromatic nitrogens is 1. The van der Waals surface area contributed by atoms with Gasteiger partial charge < -0.3 is 25.8 Å². The number of rotatable bonds is 7. The highest BCUT2D eigenvalue weighted by Gasteiger charge is 2.43. The standard InChI is InChI=1S/C22H31N5O6/c1-22(2,3)33-21(31)25-12-10-16-19(29)27(20(30)26-16)13-6-8-14(9-7-13)32-18-15(17(23)28)5-4-11-24-18/h4-5,11,13-14,16H,6-10,12H2,1-3H3,(H2,23,28)(H,25,31)(H,26,30)/t13-,14-,16?. The second kappa shape index (κ2) is 10.1. The van der Waals surface area contributed by atoms with Crippen molar-refractivity contribution < 1.29 is 28.7 Å². The van der Waals surface area contributed by atoms with Gasteiger partial charge in [0.25, 0.3) is 11.8 Å². The molecule has 180 valence electrons. The molecule has 11 nitrogen and oxygen atoms in total. The molecule has 2 fully saturated rings. The largest absolute Gasteiger partial charge is 0.474 e. The fourth-order valence-electron chi connectivity index (χ4n) is 3.97. The minimum Gasteiger partial charge on any atom is -0.474 e. The van der Waals surface area contributed by atoms with Crippen LogP contribution in [0.3, 0.4) is 0 Å². The van der Waals surface area contributed by atoms with Crippen molar-refractivity contribution in [2.24, 2.45) is 5.73 Å². The number of imide groups is 1. The summed E-state index contributed by atoms with van der Waals surface area (Å²) in [6.07, 6.45) is 3.39. The number of nitrogens with zero attached hydrogens (tertiary/aromatic N) is 2. The number of pyridine rings is 1. The van der Waals surface area contributed by atoms with E-state index in [1.807, 2.05) is 0 Å². The Kier molecular flexibility index (Phi) is 7.39. The summed E-state index contributed by atoms with van der Waals surface area (Å²) in [5, 5.41) is 5.30. The Morgan fingerprint density at radius 3 is 2.58 bits per heavy atom. The van der Waals surface area contributed by atoms with Crippen molar-refractivity contribution in [1.82, 2.24) is 20.5 Å². The van der Waals surface area contributed by atoms with Crippen LogP contribution < -0.4 is 21.1 Å². The smallest absolute Gasteiger partial charge is 0.407 e. The summed E-state index contributed by atoms with van der Waals surface area (Å²) >= 11 is 0. The zero-order chi connectivity index (χ0) is 24.2. The topological polar surface area (TPSA) is 153 Å². The molecule has 1 saturated carbocycles. The number of hydrogen-bond donors (Lipinski definition) is 3. The van der Waals surface area contributed by atoms with Crippen LogP contribution >= 0.6 is 0 Å². The van der Waals surface area contributed by atoms with Crippen LogP contribution in [-0.2, 0) is 9.53 Å². The van der Waals surface area contributed by atoms with Crippen LogP contribution in [0.4, 0.5) is 9.59 Å². The Labute approximate surface area is 192 Å². The summed E-state index contributed by atoms with van der Waals surface area (Å²) in [5.41, 5.74) is 4.98. The molecule has 1 aromatic heterocycles. The van der Waals surface area contributed by atoms with Crippen LogP contribution in [0, 0.1) is 0 Å². The van der Waals surface area contributed by atoms with Gasteiger partial charge in [-0.25, -0.2) is 14.6 Å². The van der Waals surface area contributed by atoms with E-state index in [0.29, 0.717) is 25.7 Å². The molecular formula is C22H31N5O6. The minimum atomic E-state index is -0.687. The lowest BCUT2D eigenvalue weighted by atomic mass is 9.91. The minimum absolute atomic E-state index is 0.191. The molecule has 0 aromatic carbocycles. The van der Waals surface area contributed by atoms with Crippen LogP contribution in [0.5, 0.6) is 5.88 Å².